The first kappa shape index (κ1) is 19.3. The number of nitrogens with zero attached hydrogens (tertiary/aromatic N) is 2. The van der Waals surface area contributed by atoms with Gasteiger partial charge in [0, 0.05) is 34.2 Å². The van der Waals surface area contributed by atoms with Gasteiger partial charge in [-0.15, -0.1) is 11.3 Å². The van der Waals surface area contributed by atoms with Crippen LogP contribution in [0, 0.1) is 17.0 Å². The Morgan fingerprint density at radius 3 is 2.64 bits per heavy atom. The number of non-ortho nitro benzene ring substituents is 1. The van der Waals surface area contributed by atoms with Gasteiger partial charge in [-0.25, -0.2) is 4.98 Å². The highest BCUT2D eigenvalue weighted by atomic mass is 32.1. The molecule has 1 N–H and O–H groups in total. The van der Waals surface area contributed by atoms with Crippen molar-refractivity contribution in [2.75, 3.05) is 19.5 Å². The SMILES string of the molecule is COc1ccc(-c2nc(NC(=O)c3cccc([N+](=O)[O-])c3)sc2C)c(OC)c1. The number of thiazole rings is 1. The smallest absolute Gasteiger partial charge is 0.270 e. The number of rotatable bonds is 6. The molecule has 0 bridgehead atoms. The number of carbonyl (C=O) groups is 1. The molecule has 0 spiro atoms. The zero-order chi connectivity index (χ0) is 20.3. The van der Waals surface area contributed by atoms with Crippen LogP contribution in [0.5, 0.6) is 11.5 Å². The predicted molar refractivity (Wildman–Crippen MR) is 106 cm³/mol. The predicted octanol–water partition coefficient (Wildman–Crippen LogP) is 4.30. The second-order valence-electron chi connectivity index (χ2n) is 5.75. The van der Waals surface area contributed by atoms with Crippen molar-refractivity contribution in [3.63, 3.8) is 0 Å². The number of ether oxygens (including phenoxy) is 2. The zero-order valence-corrected chi connectivity index (χ0v) is 16.2. The van der Waals surface area contributed by atoms with Gasteiger partial charge in [0.05, 0.1) is 24.8 Å². The Bertz CT molecular complexity index is 1050. The Labute approximate surface area is 164 Å². The summed E-state index contributed by atoms with van der Waals surface area (Å²) in [6.07, 6.45) is 0. The van der Waals surface area contributed by atoms with Crippen molar-refractivity contribution in [3.05, 3.63) is 63.0 Å². The number of aryl methyl sites for hydroxylation is 1. The molecule has 0 atom stereocenters. The highest BCUT2D eigenvalue weighted by Crippen LogP contribution is 2.37. The van der Waals surface area contributed by atoms with Gasteiger partial charge in [0.15, 0.2) is 5.13 Å². The lowest BCUT2D eigenvalue weighted by molar-refractivity contribution is -0.384. The summed E-state index contributed by atoms with van der Waals surface area (Å²) in [5.41, 5.74) is 1.49. The molecule has 3 aromatic rings. The van der Waals surface area contributed by atoms with Gasteiger partial charge in [-0.3, -0.25) is 20.2 Å². The molecular weight excluding hydrogens is 382 g/mol. The fourth-order valence-corrected chi connectivity index (χ4v) is 3.45. The number of aromatic nitrogens is 1. The molecule has 0 unspecified atom stereocenters. The first-order valence-electron chi connectivity index (χ1n) is 8.18. The van der Waals surface area contributed by atoms with E-state index in [1.807, 2.05) is 13.0 Å². The number of carbonyl (C=O) groups excluding carboxylic acids is 1. The van der Waals surface area contributed by atoms with Crippen LogP contribution in [0.25, 0.3) is 11.3 Å². The molecule has 0 aliphatic rings. The highest BCUT2D eigenvalue weighted by Gasteiger charge is 2.18. The molecule has 0 saturated heterocycles. The lowest BCUT2D eigenvalue weighted by Crippen LogP contribution is -2.11. The summed E-state index contributed by atoms with van der Waals surface area (Å²) < 4.78 is 10.6. The van der Waals surface area contributed by atoms with E-state index in [4.69, 9.17) is 9.47 Å². The van der Waals surface area contributed by atoms with E-state index in [0.717, 1.165) is 10.4 Å². The molecule has 0 fully saturated rings. The molecule has 3 rings (SSSR count). The van der Waals surface area contributed by atoms with Crippen molar-refractivity contribution in [3.8, 4) is 22.8 Å². The lowest BCUT2D eigenvalue weighted by Gasteiger charge is -2.09. The van der Waals surface area contributed by atoms with Crippen LogP contribution >= 0.6 is 11.3 Å². The fraction of sp³-hybridized carbons (Fsp3) is 0.158. The Hall–Kier alpha value is -3.46. The van der Waals surface area contributed by atoms with Crippen LogP contribution in [-0.4, -0.2) is 30.0 Å². The largest absolute Gasteiger partial charge is 0.497 e. The Balaban J connectivity index is 1.88. The van der Waals surface area contributed by atoms with E-state index in [2.05, 4.69) is 10.3 Å². The molecule has 0 radical (unpaired) electrons. The van der Waals surface area contributed by atoms with Gasteiger partial charge in [0.2, 0.25) is 0 Å². The first-order valence-corrected chi connectivity index (χ1v) is 9.00. The average Bonchev–Trinajstić information content (AvgIpc) is 3.07. The maximum atomic E-state index is 12.4. The normalized spacial score (nSPS) is 10.4. The van der Waals surface area contributed by atoms with E-state index in [1.165, 1.54) is 35.6 Å². The molecule has 1 aromatic heterocycles. The summed E-state index contributed by atoms with van der Waals surface area (Å²) in [6, 6.07) is 10.9. The molecule has 8 nitrogen and oxygen atoms in total. The third-order valence-corrected chi connectivity index (χ3v) is 4.89. The minimum Gasteiger partial charge on any atom is -0.497 e. The number of hydrogen-bond donors (Lipinski definition) is 1. The third kappa shape index (κ3) is 3.94. The van der Waals surface area contributed by atoms with Gasteiger partial charge in [-0.2, -0.15) is 0 Å². The van der Waals surface area contributed by atoms with E-state index in [-0.39, 0.29) is 11.3 Å². The summed E-state index contributed by atoms with van der Waals surface area (Å²) in [5.74, 6) is 0.794. The second-order valence-corrected chi connectivity index (χ2v) is 6.95. The van der Waals surface area contributed by atoms with Crippen LogP contribution in [0.4, 0.5) is 10.8 Å². The number of nitro groups is 1. The van der Waals surface area contributed by atoms with Crippen LogP contribution in [0.2, 0.25) is 0 Å². The maximum Gasteiger partial charge on any atom is 0.270 e. The summed E-state index contributed by atoms with van der Waals surface area (Å²) in [5, 5.41) is 14.0. The summed E-state index contributed by atoms with van der Waals surface area (Å²) >= 11 is 1.31. The van der Waals surface area contributed by atoms with Gasteiger partial charge in [-0.05, 0) is 25.1 Å². The number of benzene rings is 2. The summed E-state index contributed by atoms with van der Waals surface area (Å²) in [6.45, 7) is 1.89. The number of methoxy groups -OCH3 is 2. The van der Waals surface area contributed by atoms with Gasteiger partial charge in [-0.1, -0.05) is 6.07 Å². The number of hydrogen-bond acceptors (Lipinski definition) is 7. The van der Waals surface area contributed by atoms with Crippen molar-refractivity contribution in [2.24, 2.45) is 0 Å². The Morgan fingerprint density at radius 2 is 1.96 bits per heavy atom. The second kappa shape index (κ2) is 8.05. The van der Waals surface area contributed by atoms with E-state index in [0.29, 0.717) is 22.3 Å². The monoisotopic (exact) mass is 399 g/mol. The highest BCUT2D eigenvalue weighted by molar-refractivity contribution is 7.16. The van der Waals surface area contributed by atoms with Crippen molar-refractivity contribution in [1.29, 1.82) is 0 Å². The Kier molecular flexibility index (Phi) is 5.55. The molecule has 1 heterocycles. The van der Waals surface area contributed by atoms with Crippen molar-refractivity contribution >= 4 is 28.1 Å². The van der Waals surface area contributed by atoms with Crippen molar-refractivity contribution < 1.29 is 19.2 Å². The van der Waals surface area contributed by atoms with E-state index >= 15 is 0 Å². The molecule has 9 heteroatoms. The van der Waals surface area contributed by atoms with Gasteiger partial charge >= 0.3 is 0 Å². The molecule has 144 valence electrons. The van der Waals surface area contributed by atoms with Crippen LogP contribution in [0.3, 0.4) is 0 Å². The topological polar surface area (TPSA) is 104 Å². The van der Waals surface area contributed by atoms with Crippen molar-refractivity contribution in [2.45, 2.75) is 6.92 Å². The quantitative estimate of drug-likeness (QED) is 0.490. The van der Waals surface area contributed by atoms with Crippen molar-refractivity contribution in [1.82, 2.24) is 4.98 Å². The number of nitrogens with one attached hydrogen (secondary N) is 1. The molecule has 0 saturated carbocycles. The lowest BCUT2D eigenvalue weighted by atomic mass is 10.1. The number of anilines is 1. The van der Waals surface area contributed by atoms with Crippen LogP contribution in [0.1, 0.15) is 15.2 Å². The van der Waals surface area contributed by atoms with Crippen LogP contribution in [0.15, 0.2) is 42.5 Å². The summed E-state index contributed by atoms with van der Waals surface area (Å²) in [4.78, 5) is 28.2. The van der Waals surface area contributed by atoms with Gasteiger partial charge in [0.1, 0.15) is 11.5 Å². The first-order chi connectivity index (χ1) is 13.4. The van der Waals surface area contributed by atoms with Gasteiger partial charge < -0.3 is 9.47 Å². The van der Waals surface area contributed by atoms with Crippen LogP contribution in [-0.2, 0) is 0 Å². The molecule has 2 aromatic carbocycles. The van der Waals surface area contributed by atoms with E-state index in [1.54, 1.807) is 26.4 Å². The average molecular weight is 399 g/mol. The molecule has 1 amide bonds. The fourth-order valence-electron chi connectivity index (χ4n) is 2.62. The van der Waals surface area contributed by atoms with E-state index < -0.39 is 10.8 Å². The molecular formula is C19H17N3O5S. The third-order valence-electron chi connectivity index (χ3n) is 4.00. The Morgan fingerprint density at radius 1 is 1.18 bits per heavy atom. The standard InChI is InChI=1S/C19H17N3O5S/c1-11-17(15-8-7-14(26-2)10-16(15)27-3)20-19(28-11)21-18(23)12-5-4-6-13(9-12)22(24)25/h4-10H,1-3H3,(H,20,21,23). The maximum absolute atomic E-state index is 12.4. The molecule has 28 heavy (non-hydrogen) atoms. The molecule has 0 aliphatic heterocycles. The number of amides is 1. The van der Waals surface area contributed by atoms with Gasteiger partial charge in [0.25, 0.3) is 11.6 Å². The van der Waals surface area contributed by atoms with Crippen LogP contribution < -0.4 is 14.8 Å². The number of nitro benzene ring substituents is 1. The minimum absolute atomic E-state index is 0.147. The summed E-state index contributed by atoms with van der Waals surface area (Å²) in [7, 11) is 3.13. The molecule has 0 aliphatic carbocycles. The zero-order valence-electron chi connectivity index (χ0n) is 15.4. The minimum atomic E-state index is -0.543. The van der Waals surface area contributed by atoms with E-state index in [9.17, 15) is 14.9 Å².